The Morgan fingerprint density at radius 2 is 1.91 bits per heavy atom. The number of amidine groups is 1. The van der Waals surface area contributed by atoms with Gasteiger partial charge in [0.15, 0.2) is 9.84 Å². The molecule has 1 aromatic carbocycles. The molecule has 1 saturated carbocycles. The van der Waals surface area contributed by atoms with Crippen LogP contribution in [-0.4, -0.2) is 41.6 Å². The minimum atomic E-state index is -4.18. The van der Waals surface area contributed by atoms with Crippen LogP contribution in [0.3, 0.4) is 0 Å². The summed E-state index contributed by atoms with van der Waals surface area (Å²) in [6.07, 6.45) is -0.579. The molecule has 1 aliphatic heterocycles. The van der Waals surface area contributed by atoms with Gasteiger partial charge in [-0.2, -0.15) is 0 Å². The molecule has 1 fully saturated rings. The first-order valence-corrected chi connectivity index (χ1v) is 11.9. The second kappa shape index (κ2) is 7.42. The lowest BCUT2D eigenvalue weighted by Gasteiger charge is -2.50. The summed E-state index contributed by atoms with van der Waals surface area (Å²) in [5.41, 5.74) is 4.86. The fraction of sp³-hybridized carbons (Fsp3) is 0.381. The predicted octanol–water partition coefficient (Wildman–Crippen LogP) is 3.60. The zero-order valence-electron chi connectivity index (χ0n) is 17.6. The number of carbonyl (C=O) groups excluding carboxylic acids is 1. The fourth-order valence-corrected chi connectivity index (χ4v) is 7.05. The van der Waals surface area contributed by atoms with Crippen LogP contribution in [0.15, 0.2) is 35.5 Å². The van der Waals surface area contributed by atoms with Crippen molar-refractivity contribution in [3.8, 4) is 0 Å². The lowest BCUT2D eigenvalue weighted by atomic mass is 9.78. The van der Waals surface area contributed by atoms with E-state index < -0.39 is 62.2 Å². The van der Waals surface area contributed by atoms with Crippen molar-refractivity contribution in [3.05, 3.63) is 58.1 Å². The highest BCUT2D eigenvalue weighted by atomic mass is 35.5. The summed E-state index contributed by atoms with van der Waals surface area (Å²) in [7, 11) is -4.18. The second-order valence-electron chi connectivity index (χ2n) is 8.70. The lowest BCUT2D eigenvalue weighted by Crippen LogP contribution is -2.68. The predicted molar refractivity (Wildman–Crippen MR) is 118 cm³/mol. The summed E-state index contributed by atoms with van der Waals surface area (Å²) in [6, 6.07) is 5.16. The van der Waals surface area contributed by atoms with E-state index in [1.807, 2.05) is 0 Å². The highest BCUT2D eigenvalue weighted by Crippen LogP contribution is 2.54. The van der Waals surface area contributed by atoms with Gasteiger partial charge in [0.25, 0.3) is 11.8 Å². The number of aromatic nitrogens is 1. The van der Waals surface area contributed by atoms with Crippen LogP contribution < -0.4 is 11.1 Å². The summed E-state index contributed by atoms with van der Waals surface area (Å²) in [4.78, 5) is 20.8. The number of aryl methyl sites for hydroxylation is 1. The van der Waals surface area contributed by atoms with Crippen LogP contribution in [0.5, 0.6) is 0 Å². The highest BCUT2D eigenvalue weighted by molar-refractivity contribution is 7.93. The number of alkyl halides is 2. The molecule has 1 aromatic heterocycles. The van der Waals surface area contributed by atoms with E-state index in [1.54, 1.807) is 13.0 Å². The van der Waals surface area contributed by atoms with Crippen LogP contribution >= 0.6 is 11.6 Å². The molecule has 3 N–H and O–H groups in total. The molecule has 33 heavy (non-hydrogen) atoms. The Hall–Kier alpha value is -2.66. The molecule has 176 valence electrons. The Morgan fingerprint density at radius 1 is 1.24 bits per heavy atom. The molecule has 1 unspecified atom stereocenters. The number of rotatable bonds is 3. The SMILES string of the molecule is Cc1cc(Cl)cnc1C(=O)Nc1ccc(F)c(C2(C)CS(=O)(=O)C3(CC(F)(F)C3)C(N)=N2)c1. The van der Waals surface area contributed by atoms with Gasteiger partial charge in [0.05, 0.1) is 10.8 Å². The van der Waals surface area contributed by atoms with Gasteiger partial charge in [0.1, 0.15) is 27.6 Å². The number of hydrogen-bond donors (Lipinski definition) is 2. The summed E-state index contributed by atoms with van der Waals surface area (Å²) in [5.74, 6) is -5.68. The third-order valence-corrected chi connectivity index (χ3v) is 8.89. The number of amides is 1. The van der Waals surface area contributed by atoms with Crippen LogP contribution in [0, 0.1) is 12.7 Å². The first kappa shape index (κ1) is 23.5. The summed E-state index contributed by atoms with van der Waals surface area (Å²) >= 11 is 5.86. The Labute approximate surface area is 193 Å². The number of anilines is 1. The molecule has 12 heteroatoms. The van der Waals surface area contributed by atoms with Gasteiger partial charge in [-0.3, -0.25) is 9.79 Å². The number of nitrogens with zero attached hydrogens (tertiary/aromatic N) is 2. The Kier molecular flexibility index (Phi) is 5.29. The van der Waals surface area contributed by atoms with Gasteiger partial charge in [-0.1, -0.05) is 11.6 Å². The molecule has 2 aromatic rings. The Bertz CT molecular complexity index is 1310. The average molecular weight is 501 g/mol. The minimum Gasteiger partial charge on any atom is -0.386 e. The van der Waals surface area contributed by atoms with Crippen LogP contribution in [0.4, 0.5) is 18.9 Å². The van der Waals surface area contributed by atoms with E-state index >= 15 is 0 Å². The van der Waals surface area contributed by atoms with Crippen molar-refractivity contribution in [1.29, 1.82) is 0 Å². The molecule has 1 spiro atoms. The number of carbonyl (C=O) groups is 1. The van der Waals surface area contributed by atoms with Crippen LogP contribution in [0.2, 0.25) is 5.02 Å². The molecule has 1 atom stereocenters. The number of nitrogens with one attached hydrogen (secondary N) is 1. The van der Waals surface area contributed by atoms with E-state index in [4.69, 9.17) is 17.3 Å². The zero-order chi connectivity index (χ0) is 24.4. The molecular weight excluding hydrogens is 481 g/mol. The van der Waals surface area contributed by atoms with Gasteiger partial charge in [-0.15, -0.1) is 0 Å². The Balaban J connectivity index is 1.69. The van der Waals surface area contributed by atoms with Crippen molar-refractivity contribution < 1.29 is 26.4 Å². The van der Waals surface area contributed by atoms with Gasteiger partial charge < -0.3 is 11.1 Å². The second-order valence-corrected chi connectivity index (χ2v) is 11.4. The van der Waals surface area contributed by atoms with Crippen molar-refractivity contribution in [2.45, 2.75) is 42.9 Å². The van der Waals surface area contributed by atoms with E-state index in [0.29, 0.717) is 10.6 Å². The molecule has 7 nitrogen and oxygen atoms in total. The van der Waals surface area contributed by atoms with E-state index in [-0.39, 0.29) is 16.9 Å². The number of halogens is 4. The normalized spacial score (nSPS) is 24.6. The van der Waals surface area contributed by atoms with Crippen molar-refractivity contribution in [2.24, 2.45) is 10.7 Å². The topological polar surface area (TPSA) is 115 Å². The lowest BCUT2D eigenvalue weighted by molar-refractivity contribution is -0.0828. The summed E-state index contributed by atoms with van der Waals surface area (Å²) in [5, 5.41) is 2.94. The smallest absolute Gasteiger partial charge is 0.274 e. The van der Waals surface area contributed by atoms with Gasteiger partial charge in [-0.25, -0.2) is 26.6 Å². The molecule has 4 rings (SSSR count). The number of benzene rings is 1. The maximum atomic E-state index is 14.8. The first-order chi connectivity index (χ1) is 15.2. The molecule has 2 aliphatic rings. The van der Waals surface area contributed by atoms with Crippen molar-refractivity contribution in [1.82, 2.24) is 4.98 Å². The molecule has 2 heterocycles. The van der Waals surface area contributed by atoms with Crippen molar-refractivity contribution >= 4 is 38.9 Å². The van der Waals surface area contributed by atoms with E-state index in [1.165, 1.54) is 25.3 Å². The number of hydrogen-bond acceptors (Lipinski definition) is 6. The van der Waals surface area contributed by atoms with Gasteiger partial charge >= 0.3 is 0 Å². The Morgan fingerprint density at radius 3 is 2.48 bits per heavy atom. The van der Waals surface area contributed by atoms with E-state index in [9.17, 15) is 26.4 Å². The number of aliphatic imine (C=N–C) groups is 1. The fourth-order valence-electron chi connectivity index (χ4n) is 4.37. The van der Waals surface area contributed by atoms with E-state index in [2.05, 4.69) is 15.3 Å². The van der Waals surface area contributed by atoms with Gasteiger partial charge in [0, 0.05) is 30.3 Å². The number of sulfone groups is 1. The number of pyridine rings is 1. The quantitative estimate of drug-likeness (QED) is 0.668. The molecule has 0 bridgehead atoms. The largest absolute Gasteiger partial charge is 0.386 e. The number of nitrogens with two attached hydrogens (primary N) is 1. The maximum Gasteiger partial charge on any atom is 0.274 e. The third kappa shape index (κ3) is 3.86. The maximum absolute atomic E-state index is 14.8. The van der Waals surface area contributed by atoms with Crippen molar-refractivity contribution in [3.63, 3.8) is 0 Å². The first-order valence-electron chi connectivity index (χ1n) is 9.88. The van der Waals surface area contributed by atoms with Crippen LogP contribution in [0.25, 0.3) is 0 Å². The monoisotopic (exact) mass is 500 g/mol. The molecule has 1 aliphatic carbocycles. The molecule has 1 amide bonds. The van der Waals surface area contributed by atoms with E-state index in [0.717, 1.165) is 6.07 Å². The zero-order valence-corrected chi connectivity index (χ0v) is 19.2. The minimum absolute atomic E-state index is 0.104. The van der Waals surface area contributed by atoms with Crippen LogP contribution in [0.1, 0.15) is 41.4 Å². The standard InChI is InChI=1S/C21H20ClF3N4O3S/c1-11-5-12(22)7-27-16(11)17(30)28-13-3-4-15(23)14(6-13)19(2)10-33(31,32)20(18(26)29-19)8-21(24,25)9-20/h3-7H,8-10H2,1-2H3,(H2,26,29)(H,28,30). The van der Waals surface area contributed by atoms with Gasteiger partial charge in [-0.05, 0) is 43.7 Å². The summed E-state index contributed by atoms with van der Waals surface area (Å²) < 4.78 is 65.9. The molecular formula is C21H20ClF3N4O3S. The van der Waals surface area contributed by atoms with Crippen LogP contribution in [-0.2, 0) is 15.4 Å². The van der Waals surface area contributed by atoms with Gasteiger partial charge in [0.2, 0.25) is 0 Å². The summed E-state index contributed by atoms with van der Waals surface area (Å²) in [6.45, 7) is 3.01. The highest BCUT2D eigenvalue weighted by Gasteiger charge is 2.68. The van der Waals surface area contributed by atoms with Crippen molar-refractivity contribution in [2.75, 3.05) is 11.1 Å². The molecule has 0 radical (unpaired) electrons. The third-order valence-electron chi connectivity index (χ3n) is 6.05. The molecule has 0 saturated heterocycles. The average Bonchev–Trinajstić information content (AvgIpc) is 2.65.